The third kappa shape index (κ3) is 4.06. The quantitative estimate of drug-likeness (QED) is 0.201. The smallest absolute Gasteiger partial charge is 0.123 e. The second-order valence-electron chi connectivity index (χ2n) is 12.8. The number of halogens is 1. The van der Waals surface area contributed by atoms with E-state index >= 15 is 0 Å². The molecule has 1 aliphatic rings. The van der Waals surface area contributed by atoms with Crippen LogP contribution in [0.15, 0.2) is 146 Å². The van der Waals surface area contributed by atoms with Crippen LogP contribution in [0.5, 0.6) is 0 Å². The van der Waals surface area contributed by atoms with Crippen LogP contribution in [0.2, 0.25) is 0 Å². The fraction of sp³-hybridized carbons (Fsp3) is 0.0698. The van der Waals surface area contributed by atoms with Gasteiger partial charge in [0.15, 0.2) is 0 Å². The van der Waals surface area contributed by atoms with Gasteiger partial charge < -0.3 is 4.90 Å². The van der Waals surface area contributed by atoms with Gasteiger partial charge in [0.2, 0.25) is 0 Å². The van der Waals surface area contributed by atoms with E-state index in [2.05, 4.69) is 146 Å². The minimum Gasteiger partial charge on any atom is -0.310 e. The summed E-state index contributed by atoms with van der Waals surface area (Å²) in [6, 6.07) is 51.5. The van der Waals surface area contributed by atoms with Gasteiger partial charge in [-0.1, -0.05) is 86.6 Å². The SMILES string of the molecule is CC1(C)c2cc3cc(F)ccc3cc2-c2cc3ccc(N(c4ccc5ccccc5c4)c4ccc5ccccc5c4)cc3cc21. The van der Waals surface area contributed by atoms with E-state index in [1.807, 2.05) is 6.07 Å². The summed E-state index contributed by atoms with van der Waals surface area (Å²) in [6.07, 6.45) is 0. The van der Waals surface area contributed by atoms with Crippen molar-refractivity contribution in [3.8, 4) is 11.1 Å². The zero-order chi connectivity index (χ0) is 30.3. The lowest BCUT2D eigenvalue weighted by Gasteiger charge is -2.27. The average molecular weight is 580 g/mol. The molecule has 0 heterocycles. The number of rotatable bonds is 3. The van der Waals surface area contributed by atoms with E-state index in [1.165, 1.54) is 54.6 Å². The Morgan fingerprint density at radius 1 is 0.400 bits per heavy atom. The van der Waals surface area contributed by atoms with Crippen LogP contribution < -0.4 is 4.90 Å². The van der Waals surface area contributed by atoms with E-state index in [4.69, 9.17) is 0 Å². The molecule has 0 aliphatic heterocycles. The maximum absolute atomic E-state index is 14.1. The Bertz CT molecular complexity index is 2410. The Kier molecular flexibility index (Phi) is 5.49. The number of benzene rings is 8. The van der Waals surface area contributed by atoms with Gasteiger partial charge in [-0.2, -0.15) is 0 Å². The van der Waals surface area contributed by atoms with E-state index in [1.54, 1.807) is 12.1 Å². The van der Waals surface area contributed by atoms with Crippen LogP contribution in [0.3, 0.4) is 0 Å². The molecule has 45 heavy (non-hydrogen) atoms. The Balaban J connectivity index is 1.23. The predicted molar refractivity (Wildman–Crippen MR) is 189 cm³/mol. The van der Waals surface area contributed by atoms with Gasteiger partial charge >= 0.3 is 0 Å². The van der Waals surface area contributed by atoms with Gasteiger partial charge in [0.05, 0.1) is 0 Å². The lowest BCUT2D eigenvalue weighted by atomic mass is 9.81. The summed E-state index contributed by atoms with van der Waals surface area (Å²) >= 11 is 0. The molecule has 0 atom stereocenters. The molecule has 214 valence electrons. The van der Waals surface area contributed by atoms with Crippen molar-refractivity contribution in [1.29, 1.82) is 0 Å². The predicted octanol–water partition coefficient (Wildman–Crippen LogP) is 12.2. The van der Waals surface area contributed by atoms with Crippen molar-refractivity contribution in [3.05, 3.63) is 163 Å². The highest BCUT2D eigenvalue weighted by atomic mass is 19.1. The van der Waals surface area contributed by atoms with E-state index in [0.29, 0.717) is 0 Å². The fourth-order valence-electron chi connectivity index (χ4n) is 7.40. The van der Waals surface area contributed by atoms with E-state index in [0.717, 1.165) is 27.8 Å². The molecule has 9 rings (SSSR count). The van der Waals surface area contributed by atoms with Gasteiger partial charge in [-0.3, -0.25) is 0 Å². The molecular weight excluding hydrogens is 549 g/mol. The average Bonchev–Trinajstić information content (AvgIpc) is 3.27. The molecule has 8 aromatic rings. The van der Waals surface area contributed by atoms with E-state index < -0.39 is 0 Å². The Morgan fingerprint density at radius 3 is 1.33 bits per heavy atom. The molecule has 0 bridgehead atoms. The number of hydrogen-bond donors (Lipinski definition) is 0. The third-order valence-electron chi connectivity index (χ3n) is 9.78. The Hall–Kier alpha value is -5.47. The number of anilines is 3. The molecule has 1 nitrogen and oxygen atoms in total. The topological polar surface area (TPSA) is 3.24 Å². The third-order valence-corrected chi connectivity index (χ3v) is 9.78. The Morgan fingerprint density at radius 2 is 0.800 bits per heavy atom. The van der Waals surface area contributed by atoms with Crippen LogP contribution >= 0.6 is 0 Å². The highest BCUT2D eigenvalue weighted by Crippen LogP contribution is 2.51. The number of fused-ring (bicyclic) bond motifs is 7. The summed E-state index contributed by atoms with van der Waals surface area (Å²) in [4.78, 5) is 2.37. The first-order valence-corrected chi connectivity index (χ1v) is 15.5. The molecule has 0 fully saturated rings. The zero-order valence-electron chi connectivity index (χ0n) is 25.2. The first-order valence-electron chi connectivity index (χ1n) is 15.5. The number of nitrogens with zero attached hydrogens (tertiary/aromatic N) is 1. The molecule has 1 aliphatic carbocycles. The van der Waals surface area contributed by atoms with Crippen LogP contribution in [0.1, 0.15) is 25.0 Å². The molecule has 0 N–H and O–H groups in total. The lowest BCUT2D eigenvalue weighted by molar-refractivity contribution is 0.629. The highest BCUT2D eigenvalue weighted by Gasteiger charge is 2.36. The van der Waals surface area contributed by atoms with Gasteiger partial charge in [-0.05, 0) is 138 Å². The molecular formula is C43H30FN. The lowest BCUT2D eigenvalue weighted by Crippen LogP contribution is -2.15. The van der Waals surface area contributed by atoms with Gasteiger partial charge in [-0.15, -0.1) is 0 Å². The van der Waals surface area contributed by atoms with Gasteiger partial charge in [-0.25, -0.2) is 4.39 Å². The first kappa shape index (κ1) is 26.0. The molecule has 0 radical (unpaired) electrons. The maximum Gasteiger partial charge on any atom is 0.123 e. The standard InChI is InChI=1S/C43H30FN/c1-43(2)41-25-33-19-35(44)15-11-31(33)23-39(41)40-24-32-14-18-38(22-34(32)26-42(40)43)45(36-16-12-27-7-3-5-9-29(27)20-36)37-17-13-28-8-4-6-10-30(28)21-37/h3-26H,1-2H3. The summed E-state index contributed by atoms with van der Waals surface area (Å²) < 4.78 is 14.1. The highest BCUT2D eigenvalue weighted by molar-refractivity contribution is 6.00. The van der Waals surface area contributed by atoms with E-state index in [-0.39, 0.29) is 11.2 Å². The van der Waals surface area contributed by atoms with E-state index in [9.17, 15) is 4.39 Å². The number of hydrogen-bond acceptors (Lipinski definition) is 1. The zero-order valence-corrected chi connectivity index (χ0v) is 25.2. The fourth-order valence-corrected chi connectivity index (χ4v) is 7.40. The normalized spacial score (nSPS) is 13.4. The Labute approximate surface area is 261 Å². The van der Waals surface area contributed by atoms with Crippen LogP contribution in [-0.4, -0.2) is 0 Å². The monoisotopic (exact) mass is 579 g/mol. The molecule has 0 unspecified atom stereocenters. The van der Waals surface area contributed by atoms with Crippen LogP contribution in [0, 0.1) is 5.82 Å². The van der Waals surface area contributed by atoms with Gasteiger partial charge in [0.1, 0.15) is 5.82 Å². The summed E-state index contributed by atoms with van der Waals surface area (Å²) in [5.41, 5.74) is 8.22. The van der Waals surface area contributed by atoms with Crippen molar-refractivity contribution in [3.63, 3.8) is 0 Å². The summed E-state index contributed by atoms with van der Waals surface area (Å²) in [6.45, 7) is 4.57. The van der Waals surface area contributed by atoms with Crippen molar-refractivity contribution in [1.82, 2.24) is 0 Å². The second-order valence-corrected chi connectivity index (χ2v) is 12.8. The van der Waals surface area contributed by atoms with Crippen LogP contribution in [0.4, 0.5) is 21.5 Å². The van der Waals surface area contributed by atoms with Crippen molar-refractivity contribution >= 4 is 60.2 Å². The second kappa shape index (κ2) is 9.51. The molecule has 0 saturated heterocycles. The summed E-state index contributed by atoms with van der Waals surface area (Å²) in [5.74, 6) is -0.198. The van der Waals surface area contributed by atoms with Crippen molar-refractivity contribution in [2.45, 2.75) is 19.3 Å². The molecule has 8 aromatic carbocycles. The maximum atomic E-state index is 14.1. The van der Waals surface area contributed by atoms with Gasteiger partial charge in [0, 0.05) is 22.5 Å². The van der Waals surface area contributed by atoms with Crippen LogP contribution in [-0.2, 0) is 5.41 Å². The van der Waals surface area contributed by atoms with Gasteiger partial charge in [0.25, 0.3) is 0 Å². The van der Waals surface area contributed by atoms with Crippen molar-refractivity contribution in [2.24, 2.45) is 0 Å². The first-order chi connectivity index (χ1) is 21.9. The summed E-state index contributed by atoms with van der Waals surface area (Å²) in [7, 11) is 0. The molecule has 0 spiro atoms. The molecule has 2 heteroatoms. The largest absolute Gasteiger partial charge is 0.310 e. The summed E-state index contributed by atoms with van der Waals surface area (Å²) in [5, 5.41) is 9.31. The minimum absolute atomic E-state index is 0.198. The molecule has 0 aromatic heterocycles. The van der Waals surface area contributed by atoms with Crippen LogP contribution in [0.25, 0.3) is 54.2 Å². The minimum atomic E-state index is -0.203. The molecule has 0 saturated carbocycles. The molecule has 0 amide bonds. The van der Waals surface area contributed by atoms with Crippen molar-refractivity contribution < 1.29 is 4.39 Å². The van der Waals surface area contributed by atoms with Crippen molar-refractivity contribution in [2.75, 3.05) is 4.90 Å².